The third-order valence-corrected chi connectivity index (χ3v) is 6.14. The zero-order valence-corrected chi connectivity index (χ0v) is 13.3. The number of hydrogen-bond donors (Lipinski definition) is 2. The van der Waals surface area contributed by atoms with E-state index in [0.29, 0.717) is 13.1 Å². The van der Waals surface area contributed by atoms with Crippen LogP contribution in [-0.2, 0) is 14.6 Å². The predicted molar refractivity (Wildman–Crippen MR) is 80.7 cm³/mol. The lowest BCUT2D eigenvalue weighted by molar-refractivity contribution is -0.135. The van der Waals surface area contributed by atoms with Gasteiger partial charge in [-0.25, -0.2) is 8.42 Å². The van der Waals surface area contributed by atoms with E-state index in [1.807, 2.05) is 0 Å². The summed E-state index contributed by atoms with van der Waals surface area (Å²) in [4.78, 5) is 14.3. The summed E-state index contributed by atoms with van der Waals surface area (Å²) in [5, 5.41) is 12.3. The maximum atomic E-state index is 12.5. The third-order valence-electron chi connectivity index (χ3n) is 4.40. The van der Waals surface area contributed by atoms with Gasteiger partial charge in [0, 0.05) is 31.6 Å². The maximum absolute atomic E-state index is 12.5. The summed E-state index contributed by atoms with van der Waals surface area (Å²) < 4.78 is 23.3. The molecule has 1 aliphatic carbocycles. The van der Waals surface area contributed by atoms with E-state index in [9.17, 15) is 18.3 Å². The van der Waals surface area contributed by atoms with Crippen LogP contribution < -0.4 is 5.32 Å². The maximum Gasteiger partial charge on any atom is 0.224 e. The molecule has 1 heterocycles. The number of rotatable bonds is 5. The van der Waals surface area contributed by atoms with Gasteiger partial charge >= 0.3 is 0 Å². The Hall–Kier alpha value is -0.660. The van der Waals surface area contributed by atoms with E-state index in [2.05, 4.69) is 5.32 Å². The molecule has 1 aliphatic heterocycles. The molecule has 2 fully saturated rings. The normalized spacial score (nSPS) is 26.4. The molecule has 1 saturated carbocycles. The monoisotopic (exact) mass is 318 g/mol. The SMILES string of the molecule is O=C(CC1CS(=O)(=O)CCN1)N(CCO)C1CCCCC1. The van der Waals surface area contributed by atoms with Crippen LogP contribution in [0.25, 0.3) is 0 Å². The van der Waals surface area contributed by atoms with Gasteiger partial charge in [-0.05, 0) is 12.8 Å². The van der Waals surface area contributed by atoms with E-state index in [4.69, 9.17) is 0 Å². The van der Waals surface area contributed by atoms with E-state index in [1.165, 1.54) is 6.42 Å². The lowest BCUT2D eigenvalue weighted by Crippen LogP contribution is -2.50. The topological polar surface area (TPSA) is 86.7 Å². The van der Waals surface area contributed by atoms with Crippen LogP contribution in [0.3, 0.4) is 0 Å². The lowest BCUT2D eigenvalue weighted by atomic mass is 9.93. The fourth-order valence-corrected chi connectivity index (χ4v) is 4.78. The smallest absolute Gasteiger partial charge is 0.224 e. The molecule has 2 N–H and O–H groups in total. The Kier molecular flexibility index (Phi) is 6.01. The minimum Gasteiger partial charge on any atom is -0.395 e. The number of carbonyl (C=O) groups excluding carboxylic acids is 1. The highest BCUT2D eigenvalue weighted by molar-refractivity contribution is 7.91. The molecule has 6 nitrogen and oxygen atoms in total. The molecule has 0 aromatic heterocycles. The summed E-state index contributed by atoms with van der Waals surface area (Å²) in [7, 11) is -3.02. The zero-order chi connectivity index (χ0) is 15.3. The number of sulfone groups is 1. The molecule has 122 valence electrons. The van der Waals surface area contributed by atoms with Crippen molar-refractivity contribution < 1.29 is 18.3 Å². The fourth-order valence-electron chi connectivity index (χ4n) is 3.34. The van der Waals surface area contributed by atoms with Gasteiger partial charge in [0.15, 0.2) is 9.84 Å². The predicted octanol–water partition coefficient (Wildman–Crippen LogP) is -0.0833. The minimum atomic E-state index is -3.02. The average Bonchev–Trinajstić information content (AvgIpc) is 2.44. The molecule has 0 radical (unpaired) electrons. The van der Waals surface area contributed by atoms with E-state index < -0.39 is 9.84 Å². The molecule has 1 unspecified atom stereocenters. The second kappa shape index (κ2) is 7.56. The van der Waals surface area contributed by atoms with Crippen molar-refractivity contribution >= 4 is 15.7 Å². The molecule has 0 spiro atoms. The molecule has 2 rings (SSSR count). The summed E-state index contributed by atoms with van der Waals surface area (Å²) >= 11 is 0. The van der Waals surface area contributed by atoms with Crippen LogP contribution in [0.2, 0.25) is 0 Å². The Morgan fingerprint density at radius 2 is 1.95 bits per heavy atom. The van der Waals surface area contributed by atoms with Crippen molar-refractivity contribution in [2.24, 2.45) is 0 Å². The third kappa shape index (κ3) is 4.93. The molecule has 0 aromatic rings. The van der Waals surface area contributed by atoms with Gasteiger partial charge in [0.05, 0.1) is 18.1 Å². The molecule has 1 saturated heterocycles. The number of nitrogens with zero attached hydrogens (tertiary/aromatic N) is 1. The van der Waals surface area contributed by atoms with Gasteiger partial charge < -0.3 is 15.3 Å². The fraction of sp³-hybridized carbons (Fsp3) is 0.929. The number of aliphatic hydroxyl groups is 1. The molecule has 1 atom stereocenters. The van der Waals surface area contributed by atoms with Crippen molar-refractivity contribution in [3.05, 3.63) is 0 Å². The molecular formula is C14H26N2O4S. The van der Waals surface area contributed by atoms with E-state index in [-0.39, 0.29) is 42.5 Å². The highest BCUT2D eigenvalue weighted by Gasteiger charge is 2.30. The van der Waals surface area contributed by atoms with Crippen LogP contribution in [0.5, 0.6) is 0 Å². The number of nitrogens with one attached hydrogen (secondary N) is 1. The van der Waals surface area contributed by atoms with Crippen molar-refractivity contribution in [2.45, 2.75) is 50.6 Å². The Morgan fingerprint density at radius 3 is 2.57 bits per heavy atom. The second-order valence-corrected chi connectivity index (χ2v) is 8.30. The van der Waals surface area contributed by atoms with E-state index in [0.717, 1.165) is 25.7 Å². The summed E-state index contributed by atoms with van der Waals surface area (Å²) in [5.41, 5.74) is 0. The van der Waals surface area contributed by atoms with Crippen LogP contribution in [0.15, 0.2) is 0 Å². The Labute approximate surface area is 126 Å². The van der Waals surface area contributed by atoms with Crippen molar-refractivity contribution in [1.29, 1.82) is 0 Å². The van der Waals surface area contributed by atoms with Crippen molar-refractivity contribution in [3.63, 3.8) is 0 Å². The van der Waals surface area contributed by atoms with Gasteiger partial charge in [0.2, 0.25) is 5.91 Å². The quantitative estimate of drug-likeness (QED) is 0.740. The van der Waals surface area contributed by atoms with Gasteiger partial charge in [-0.2, -0.15) is 0 Å². The number of amides is 1. The molecule has 7 heteroatoms. The van der Waals surface area contributed by atoms with Gasteiger partial charge in [-0.15, -0.1) is 0 Å². The Bertz CT molecular complexity index is 446. The zero-order valence-electron chi connectivity index (χ0n) is 12.5. The standard InChI is InChI=1S/C14H26N2O4S/c17-8-7-16(13-4-2-1-3-5-13)14(18)10-12-11-21(19,20)9-6-15-12/h12-13,15,17H,1-11H2. The summed E-state index contributed by atoms with van der Waals surface area (Å²) in [6, 6.07) is -0.0837. The van der Waals surface area contributed by atoms with Crippen LogP contribution in [-0.4, -0.2) is 67.6 Å². The minimum absolute atomic E-state index is 0.0365. The first-order valence-electron chi connectivity index (χ1n) is 7.86. The largest absolute Gasteiger partial charge is 0.395 e. The molecule has 1 amide bonds. The number of aliphatic hydroxyl groups excluding tert-OH is 1. The first-order chi connectivity index (χ1) is 10.0. The van der Waals surface area contributed by atoms with Crippen molar-refractivity contribution in [3.8, 4) is 0 Å². The molecular weight excluding hydrogens is 292 g/mol. The van der Waals surface area contributed by atoms with Gasteiger partial charge in [0.1, 0.15) is 0 Å². The van der Waals surface area contributed by atoms with Crippen LogP contribution in [0.4, 0.5) is 0 Å². The highest BCUT2D eigenvalue weighted by atomic mass is 32.2. The molecule has 21 heavy (non-hydrogen) atoms. The Morgan fingerprint density at radius 1 is 1.24 bits per heavy atom. The van der Waals surface area contributed by atoms with Gasteiger partial charge in [-0.1, -0.05) is 19.3 Å². The first kappa shape index (κ1) is 16.7. The van der Waals surface area contributed by atoms with Crippen LogP contribution in [0, 0.1) is 0 Å². The number of carbonyl (C=O) groups is 1. The van der Waals surface area contributed by atoms with Crippen LogP contribution in [0.1, 0.15) is 38.5 Å². The molecule has 0 aromatic carbocycles. The van der Waals surface area contributed by atoms with Gasteiger partial charge in [0.25, 0.3) is 0 Å². The summed E-state index contributed by atoms with van der Waals surface area (Å²) in [6.45, 7) is 0.727. The summed E-state index contributed by atoms with van der Waals surface area (Å²) in [6.07, 6.45) is 5.63. The van der Waals surface area contributed by atoms with Crippen molar-refractivity contribution in [1.82, 2.24) is 10.2 Å². The lowest BCUT2D eigenvalue weighted by Gasteiger charge is -2.35. The van der Waals surface area contributed by atoms with Gasteiger partial charge in [-0.3, -0.25) is 4.79 Å². The molecule has 0 bridgehead atoms. The first-order valence-corrected chi connectivity index (χ1v) is 9.68. The Balaban J connectivity index is 1.94. The summed E-state index contributed by atoms with van der Waals surface area (Å²) in [5.74, 6) is 0.155. The van der Waals surface area contributed by atoms with E-state index >= 15 is 0 Å². The van der Waals surface area contributed by atoms with Crippen LogP contribution >= 0.6 is 0 Å². The van der Waals surface area contributed by atoms with Crippen molar-refractivity contribution in [2.75, 3.05) is 31.2 Å². The average molecular weight is 318 g/mol. The second-order valence-electron chi connectivity index (χ2n) is 6.07. The number of hydrogen-bond acceptors (Lipinski definition) is 5. The molecule has 2 aliphatic rings. The van der Waals surface area contributed by atoms with E-state index in [1.54, 1.807) is 4.90 Å². The highest BCUT2D eigenvalue weighted by Crippen LogP contribution is 2.23.